The average molecular weight is 533 g/mol. The van der Waals surface area contributed by atoms with Crippen LogP contribution < -0.4 is 25.4 Å². The molecule has 2 amide bonds. The van der Waals surface area contributed by atoms with Gasteiger partial charge < -0.3 is 25.4 Å². The lowest BCUT2D eigenvalue weighted by molar-refractivity contribution is -0.131. The van der Waals surface area contributed by atoms with Gasteiger partial charge in [0.1, 0.15) is 22.7 Å². The third-order valence-corrected chi connectivity index (χ3v) is 6.76. The van der Waals surface area contributed by atoms with E-state index in [0.717, 1.165) is 5.69 Å². The molecule has 10 heteroatoms. The number of halogens is 2. The Labute approximate surface area is 223 Å². The summed E-state index contributed by atoms with van der Waals surface area (Å²) in [5.41, 5.74) is 1.26. The van der Waals surface area contributed by atoms with E-state index >= 15 is 4.39 Å². The number of carbonyl (C=O) groups is 2. The van der Waals surface area contributed by atoms with Crippen LogP contribution in [0.3, 0.4) is 0 Å². The van der Waals surface area contributed by atoms with Crippen LogP contribution in [0.5, 0.6) is 17.2 Å². The fourth-order valence-corrected chi connectivity index (χ4v) is 4.30. The lowest BCUT2D eigenvalue weighted by Crippen LogP contribution is -2.35. The van der Waals surface area contributed by atoms with Crippen molar-refractivity contribution in [1.82, 2.24) is 4.98 Å². The molecule has 1 aliphatic rings. The van der Waals surface area contributed by atoms with E-state index in [2.05, 4.69) is 20.9 Å². The molecule has 1 aliphatic carbocycles. The zero-order valence-electron chi connectivity index (χ0n) is 21.5. The number of ether oxygens (including phenoxy) is 2. The van der Waals surface area contributed by atoms with Crippen LogP contribution >= 0.6 is 0 Å². The van der Waals surface area contributed by atoms with Crippen LogP contribution in [-0.4, -0.2) is 31.0 Å². The highest BCUT2D eigenvalue weighted by molar-refractivity contribution is 6.17. The molecule has 1 fully saturated rings. The van der Waals surface area contributed by atoms with Crippen molar-refractivity contribution in [2.45, 2.75) is 19.8 Å². The Morgan fingerprint density at radius 1 is 0.897 bits per heavy atom. The van der Waals surface area contributed by atoms with Gasteiger partial charge in [0.25, 0.3) is 0 Å². The molecule has 3 aromatic carbocycles. The Kier molecular flexibility index (Phi) is 6.78. The second-order valence-electron chi connectivity index (χ2n) is 9.33. The number of fused-ring (bicyclic) bond motifs is 1. The number of pyridine rings is 1. The van der Waals surface area contributed by atoms with Crippen molar-refractivity contribution < 1.29 is 27.8 Å². The van der Waals surface area contributed by atoms with Gasteiger partial charge in [-0.3, -0.25) is 14.6 Å². The summed E-state index contributed by atoms with van der Waals surface area (Å²) in [5, 5.41) is 9.01. The zero-order chi connectivity index (χ0) is 27.7. The normalized spacial score (nSPS) is 13.5. The molecule has 1 aromatic heterocycles. The Bertz CT molecular complexity index is 1590. The molecule has 5 rings (SSSR count). The van der Waals surface area contributed by atoms with Crippen molar-refractivity contribution in [3.8, 4) is 17.2 Å². The maximum absolute atomic E-state index is 15.2. The van der Waals surface area contributed by atoms with E-state index in [4.69, 9.17) is 9.47 Å². The third kappa shape index (κ3) is 5.05. The van der Waals surface area contributed by atoms with Crippen LogP contribution in [0.4, 0.5) is 25.8 Å². The van der Waals surface area contributed by atoms with Crippen molar-refractivity contribution in [2.75, 3.05) is 30.1 Å². The second kappa shape index (κ2) is 10.2. The molecule has 0 unspecified atom stereocenters. The van der Waals surface area contributed by atoms with E-state index in [9.17, 15) is 14.0 Å². The van der Waals surface area contributed by atoms with Gasteiger partial charge in [0.2, 0.25) is 11.8 Å². The maximum Gasteiger partial charge on any atom is 0.240 e. The summed E-state index contributed by atoms with van der Waals surface area (Å²) in [6.45, 7) is 1.70. The SMILES string of the molecule is CNc1cc2nccc(Oc3cc(C)c(NC(=O)C4(C(=O)Nc5ccc(F)cc5)CC4)cc3F)c2cc1OC. The van der Waals surface area contributed by atoms with Crippen molar-refractivity contribution in [3.05, 3.63) is 78.0 Å². The summed E-state index contributed by atoms with van der Waals surface area (Å²) in [5.74, 6) is -1.24. The van der Waals surface area contributed by atoms with Gasteiger partial charge in [-0.25, -0.2) is 8.78 Å². The molecule has 1 heterocycles. The van der Waals surface area contributed by atoms with Crippen molar-refractivity contribution in [2.24, 2.45) is 5.41 Å². The van der Waals surface area contributed by atoms with E-state index in [-0.39, 0.29) is 11.4 Å². The first-order valence-corrected chi connectivity index (χ1v) is 12.2. The van der Waals surface area contributed by atoms with E-state index in [1.165, 1.54) is 36.4 Å². The number of methoxy groups -OCH3 is 1. The van der Waals surface area contributed by atoms with Crippen molar-refractivity contribution in [3.63, 3.8) is 0 Å². The van der Waals surface area contributed by atoms with Gasteiger partial charge in [-0.05, 0) is 73.9 Å². The van der Waals surface area contributed by atoms with Crippen molar-refractivity contribution in [1.29, 1.82) is 0 Å². The molecule has 0 spiro atoms. The van der Waals surface area contributed by atoms with Crippen molar-refractivity contribution >= 4 is 39.8 Å². The van der Waals surface area contributed by atoms with E-state index in [1.807, 2.05) is 0 Å². The predicted octanol–water partition coefficient (Wildman–Crippen LogP) is 6.02. The van der Waals surface area contributed by atoms with E-state index in [0.29, 0.717) is 46.5 Å². The minimum Gasteiger partial charge on any atom is -0.495 e. The molecule has 4 aromatic rings. The van der Waals surface area contributed by atoms with Gasteiger partial charge in [-0.2, -0.15) is 0 Å². The molecule has 0 bridgehead atoms. The molecule has 39 heavy (non-hydrogen) atoms. The number of carbonyl (C=O) groups excluding carboxylic acids is 2. The van der Waals surface area contributed by atoms with Crippen LogP contribution in [-0.2, 0) is 9.59 Å². The Morgan fingerprint density at radius 2 is 1.62 bits per heavy atom. The van der Waals surface area contributed by atoms with Crippen LogP contribution in [0, 0.1) is 24.0 Å². The first-order chi connectivity index (χ1) is 18.7. The number of nitrogens with zero attached hydrogens (tertiary/aromatic N) is 1. The van der Waals surface area contributed by atoms with Gasteiger partial charge >= 0.3 is 0 Å². The summed E-state index contributed by atoms with van der Waals surface area (Å²) in [4.78, 5) is 30.3. The molecule has 8 nitrogen and oxygen atoms in total. The van der Waals surface area contributed by atoms with Gasteiger partial charge in [-0.1, -0.05) is 0 Å². The van der Waals surface area contributed by atoms with Gasteiger partial charge in [-0.15, -0.1) is 0 Å². The van der Waals surface area contributed by atoms with Crippen LogP contribution in [0.15, 0.2) is 60.8 Å². The number of hydrogen-bond acceptors (Lipinski definition) is 6. The summed E-state index contributed by atoms with van der Waals surface area (Å²) in [7, 11) is 3.32. The lowest BCUT2D eigenvalue weighted by atomic mass is 10.0. The smallest absolute Gasteiger partial charge is 0.240 e. The first kappa shape index (κ1) is 25.9. The number of amides is 2. The minimum atomic E-state index is -1.27. The number of aromatic nitrogens is 1. The number of aryl methyl sites for hydroxylation is 1. The van der Waals surface area contributed by atoms with Crippen LogP contribution in [0.2, 0.25) is 0 Å². The molecule has 0 aliphatic heterocycles. The molecule has 0 saturated heterocycles. The summed E-state index contributed by atoms with van der Waals surface area (Å²) in [6, 6.07) is 13.1. The Hall–Kier alpha value is -4.73. The summed E-state index contributed by atoms with van der Waals surface area (Å²) < 4.78 is 39.7. The fraction of sp³-hybridized carbons (Fsp3) is 0.207. The average Bonchev–Trinajstić information content (AvgIpc) is 3.74. The highest BCUT2D eigenvalue weighted by atomic mass is 19.1. The highest BCUT2D eigenvalue weighted by Gasteiger charge is 2.56. The molecule has 0 radical (unpaired) electrons. The molecule has 3 N–H and O–H groups in total. The van der Waals surface area contributed by atoms with Gasteiger partial charge in [0, 0.05) is 36.1 Å². The second-order valence-corrected chi connectivity index (χ2v) is 9.33. The zero-order valence-corrected chi connectivity index (χ0v) is 21.5. The topological polar surface area (TPSA) is 102 Å². The molecule has 0 atom stereocenters. The molecule has 1 saturated carbocycles. The summed E-state index contributed by atoms with van der Waals surface area (Å²) >= 11 is 0. The maximum atomic E-state index is 15.2. The predicted molar refractivity (Wildman–Crippen MR) is 144 cm³/mol. The largest absolute Gasteiger partial charge is 0.495 e. The fourth-order valence-electron chi connectivity index (χ4n) is 4.30. The van der Waals surface area contributed by atoms with E-state index in [1.54, 1.807) is 45.5 Å². The monoisotopic (exact) mass is 532 g/mol. The highest BCUT2D eigenvalue weighted by Crippen LogP contribution is 2.48. The first-order valence-electron chi connectivity index (χ1n) is 12.2. The number of rotatable bonds is 8. The minimum absolute atomic E-state index is 0.0372. The quantitative estimate of drug-likeness (QED) is 0.240. The number of anilines is 3. The van der Waals surface area contributed by atoms with Gasteiger partial charge in [0.05, 0.1) is 18.3 Å². The number of hydrogen-bond donors (Lipinski definition) is 3. The Balaban J connectivity index is 1.35. The standard InChI is InChI=1S/C29H26F2N4O4/c1-16-12-25(39-24-8-11-33-22-15-23(32-2)26(38-3)13-19(22)24)20(31)14-21(16)35-28(37)29(9-10-29)27(36)34-18-6-4-17(30)5-7-18/h4-8,11-15,32H,9-10H2,1-3H3,(H,34,36)(H,35,37). The molecular weight excluding hydrogens is 506 g/mol. The number of benzene rings is 3. The third-order valence-electron chi connectivity index (χ3n) is 6.76. The van der Waals surface area contributed by atoms with Crippen LogP contribution in [0.1, 0.15) is 18.4 Å². The van der Waals surface area contributed by atoms with Crippen LogP contribution in [0.25, 0.3) is 10.9 Å². The summed E-state index contributed by atoms with van der Waals surface area (Å²) in [6.07, 6.45) is 2.26. The number of nitrogens with one attached hydrogen (secondary N) is 3. The van der Waals surface area contributed by atoms with E-state index < -0.39 is 28.9 Å². The van der Waals surface area contributed by atoms with Gasteiger partial charge in [0.15, 0.2) is 11.6 Å². The lowest BCUT2D eigenvalue weighted by Gasteiger charge is -2.18. The Morgan fingerprint density at radius 3 is 2.28 bits per heavy atom. The molecule has 200 valence electrons. The molecular formula is C29H26F2N4O4.